The lowest BCUT2D eigenvalue weighted by atomic mass is 9.90. The summed E-state index contributed by atoms with van der Waals surface area (Å²) in [6.07, 6.45) is 2.38. The second-order valence-corrected chi connectivity index (χ2v) is 5.90. The molecular weight excluding hydrogens is 266 g/mol. The standard InChI is InChI=1S/C16H27N3O2/c1-5-19(6-2)15(21)14-11-13(7-9-17-14)18-12-16(3,4)8-10-20/h7,9,11,20H,5-6,8,10,12H2,1-4H3,(H,17,18). The summed E-state index contributed by atoms with van der Waals surface area (Å²) in [5.41, 5.74) is 1.34. The molecule has 118 valence electrons. The fourth-order valence-electron chi connectivity index (χ4n) is 2.06. The molecule has 1 rings (SSSR count). The highest BCUT2D eigenvalue weighted by molar-refractivity contribution is 5.93. The van der Waals surface area contributed by atoms with Crippen molar-refractivity contribution in [2.24, 2.45) is 5.41 Å². The van der Waals surface area contributed by atoms with Crippen molar-refractivity contribution in [1.82, 2.24) is 9.88 Å². The van der Waals surface area contributed by atoms with Crippen LogP contribution in [0.2, 0.25) is 0 Å². The normalized spacial score (nSPS) is 11.3. The van der Waals surface area contributed by atoms with Crippen LogP contribution < -0.4 is 5.32 Å². The Morgan fingerprint density at radius 2 is 2.05 bits per heavy atom. The Balaban J connectivity index is 2.75. The van der Waals surface area contributed by atoms with E-state index in [2.05, 4.69) is 24.1 Å². The Hall–Kier alpha value is -1.62. The minimum absolute atomic E-state index is 0.00106. The third-order valence-electron chi connectivity index (χ3n) is 3.59. The Labute approximate surface area is 127 Å². The second kappa shape index (κ2) is 7.98. The van der Waals surface area contributed by atoms with Gasteiger partial charge in [0.25, 0.3) is 5.91 Å². The lowest BCUT2D eigenvalue weighted by Gasteiger charge is -2.24. The van der Waals surface area contributed by atoms with Gasteiger partial charge in [-0.2, -0.15) is 0 Å². The molecule has 0 aliphatic heterocycles. The highest BCUT2D eigenvalue weighted by Crippen LogP contribution is 2.21. The van der Waals surface area contributed by atoms with Gasteiger partial charge in [-0.25, -0.2) is 0 Å². The Morgan fingerprint density at radius 3 is 2.62 bits per heavy atom. The van der Waals surface area contributed by atoms with Crippen molar-refractivity contribution >= 4 is 11.6 Å². The van der Waals surface area contributed by atoms with E-state index in [1.165, 1.54) is 0 Å². The molecule has 0 radical (unpaired) electrons. The first kappa shape index (κ1) is 17.4. The van der Waals surface area contributed by atoms with Crippen LogP contribution in [0.25, 0.3) is 0 Å². The van der Waals surface area contributed by atoms with Crippen molar-refractivity contribution < 1.29 is 9.90 Å². The van der Waals surface area contributed by atoms with Crippen LogP contribution in [-0.2, 0) is 0 Å². The van der Waals surface area contributed by atoms with Gasteiger partial charge in [-0.15, -0.1) is 0 Å². The number of aliphatic hydroxyl groups is 1. The molecule has 0 aliphatic rings. The molecule has 0 bridgehead atoms. The van der Waals surface area contributed by atoms with Crippen molar-refractivity contribution in [2.45, 2.75) is 34.1 Å². The number of pyridine rings is 1. The monoisotopic (exact) mass is 293 g/mol. The molecule has 0 spiro atoms. The van der Waals surface area contributed by atoms with Gasteiger partial charge in [0.15, 0.2) is 0 Å². The van der Waals surface area contributed by atoms with Crippen molar-refractivity contribution in [3.8, 4) is 0 Å². The fourth-order valence-corrected chi connectivity index (χ4v) is 2.06. The number of carbonyl (C=O) groups is 1. The van der Waals surface area contributed by atoms with Gasteiger partial charge in [-0.05, 0) is 37.8 Å². The van der Waals surface area contributed by atoms with Gasteiger partial charge in [0.05, 0.1) is 0 Å². The van der Waals surface area contributed by atoms with E-state index in [9.17, 15) is 4.79 Å². The van der Waals surface area contributed by atoms with Crippen LogP contribution >= 0.6 is 0 Å². The van der Waals surface area contributed by atoms with E-state index in [0.717, 1.165) is 18.7 Å². The zero-order chi connectivity index (χ0) is 15.9. The van der Waals surface area contributed by atoms with Crippen LogP contribution in [0.15, 0.2) is 18.3 Å². The van der Waals surface area contributed by atoms with Crippen molar-refractivity contribution in [3.05, 3.63) is 24.0 Å². The number of hydrogen-bond acceptors (Lipinski definition) is 4. The molecule has 0 fully saturated rings. The average Bonchev–Trinajstić information content (AvgIpc) is 2.47. The predicted octanol–water partition coefficient (Wildman–Crippen LogP) is 2.38. The van der Waals surface area contributed by atoms with Crippen molar-refractivity contribution in [1.29, 1.82) is 0 Å². The molecule has 0 saturated heterocycles. The minimum atomic E-state index is -0.0433. The zero-order valence-electron chi connectivity index (χ0n) is 13.5. The summed E-state index contributed by atoms with van der Waals surface area (Å²) < 4.78 is 0. The van der Waals surface area contributed by atoms with Crippen LogP contribution in [0.5, 0.6) is 0 Å². The molecule has 1 heterocycles. The molecule has 5 nitrogen and oxygen atoms in total. The average molecular weight is 293 g/mol. The summed E-state index contributed by atoms with van der Waals surface area (Å²) in [6.45, 7) is 10.4. The number of nitrogens with zero attached hydrogens (tertiary/aromatic N) is 2. The molecule has 0 saturated carbocycles. The summed E-state index contributed by atoms with van der Waals surface area (Å²) in [6, 6.07) is 3.64. The quantitative estimate of drug-likeness (QED) is 0.772. The SMILES string of the molecule is CCN(CC)C(=O)c1cc(NCC(C)(C)CCO)ccn1. The highest BCUT2D eigenvalue weighted by atomic mass is 16.3. The molecule has 0 aromatic carbocycles. The Morgan fingerprint density at radius 1 is 1.38 bits per heavy atom. The lowest BCUT2D eigenvalue weighted by molar-refractivity contribution is 0.0767. The predicted molar refractivity (Wildman–Crippen MR) is 85.5 cm³/mol. The number of rotatable bonds is 8. The summed E-state index contributed by atoms with van der Waals surface area (Å²) in [7, 11) is 0. The first-order valence-corrected chi connectivity index (χ1v) is 7.53. The lowest BCUT2D eigenvalue weighted by Crippen LogP contribution is -2.31. The van der Waals surface area contributed by atoms with E-state index >= 15 is 0 Å². The van der Waals surface area contributed by atoms with E-state index in [-0.39, 0.29) is 17.9 Å². The first-order valence-electron chi connectivity index (χ1n) is 7.53. The van der Waals surface area contributed by atoms with Gasteiger partial charge >= 0.3 is 0 Å². The summed E-state index contributed by atoms with van der Waals surface area (Å²) in [4.78, 5) is 18.2. The molecule has 1 aromatic rings. The summed E-state index contributed by atoms with van der Waals surface area (Å²) >= 11 is 0. The number of aliphatic hydroxyl groups excluding tert-OH is 1. The number of nitrogens with one attached hydrogen (secondary N) is 1. The van der Waals surface area contributed by atoms with Crippen LogP contribution in [0.4, 0.5) is 5.69 Å². The number of aromatic nitrogens is 1. The van der Waals surface area contributed by atoms with Crippen molar-refractivity contribution in [3.63, 3.8) is 0 Å². The van der Waals surface area contributed by atoms with Crippen LogP contribution in [0, 0.1) is 5.41 Å². The third kappa shape index (κ3) is 5.34. The molecule has 5 heteroatoms. The number of anilines is 1. The Bertz CT molecular complexity index is 457. The second-order valence-electron chi connectivity index (χ2n) is 5.90. The van der Waals surface area contributed by atoms with E-state index in [1.54, 1.807) is 17.2 Å². The third-order valence-corrected chi connectivity index (χ3v) is 3.59. The van der Waals surface area contributed by atoms with E-state index in [0.29, 0.717) is 18.8 Å². The molecule has 1 amide bonds. The van der Waals surface area contributed by atoms with Crippen LogP contribution in [0.1, 0.15) is 44.6 Å². The molecule has 21 heavy (non-hydrogen) atoms. The molecule has 0 atom stereocenters. The van der Waals surface area contributed by atoms with Gasteiger partial charge in [0.1, 0.15) is 5.69 Å². The maximum Gasteiger partial charge on any atom is 0.272 e. The maximum atomic E-state index is 12.3. The molecule has 1 aromatic heterocycles. The van der Waals surface area contributed by atoms with Crippen LogP contribution in [-0.4, -0.2) is 47.1 Å². The highest BCUT2D eigenvalue weighted by Gasteiger charge is 2.18. The van der Waals surface area contributed by atoms with E-state index < -0.39 is 0 Å². The van der Waals surface area contributed by atoms with Crippen molar-refractivity contribution in [2.75, 3.05) is 31.6 Å². The van der Waals surface area contributed by atoms with E-state index in [1.807, 2.05) is 19.9 Å². The smallest absolute Gasteiger partial charge is 0.272 e. The number of hydrogen-bond donors (Lipinski definition) is 2. The topological polar surface area (TPSA) is 65.5 Å². The molecule has 0 aliphatic carbocycles. The number of amides is 1. The zero-order valence-corrected chi connectivity index (χ0v) is 13.5. The van der Waals surface area contributed by atoms with Gasteiger partial charge in [0, 0.05) is 38.1 Å². The first-order chi connectivity index (χ1) is 9.93. The number of carbonyl (C=O) groups excluding carboxylic acids is 1. The summed E-state index contributed by atoms with van der Waals surface area (Å²) in [5.74, 6) is -0.0433. The van der Waals surface area contributed by atoms with Gasteiger partial charge in [0.2, 0.25) is 0 Å². The van der Waals surface area contributed by atoms with E-state index in [4.69, 9.17) is 5.11 Å². The van der Waals surface area contributed by atoms with Gasteiger partial charge < -0.3 is 15.3 Å². The van der Waals surface area contributed by atoms with Gasteiger partial charge in [-0.1, -0.05) is 13.8 Å². The minimum Gasteiger partial charge on any atom is -0.396 e. The maximum absolute atomic E-state index is 12.3. The largest absolute Gasteiger partial charge is 0.396 e. The summed E-state index contributed by atoms with van der Waals surface area (Å²) in [5, 5.41) is 12.4. The molecule has 2 N–H and O–H groups in total. The van der Waals surface area contributed by atoms with Crippen LogP contribution in [0.3, 0.4) is 0 Å². The molecule has 0 unspecified atom stereocenters. The fraction of sp³-hybridized carbons (Fsp3) is 0.625. The molecular formula is C16H27N3O2. The van der Waals surface area contributed by atoms with Gasteiger partial charge in [-0.3, -0.25) is 9.78 Å². The Kier molecular flexibility index (Phi) is 6.62.